The van der Waals surface area contributed by atoms with Gasteiger partial charge in [0.2, 0.25) is 5.91 Å². The Morgan fingerprint density at radius 2 is 1.97 bits per heavy atom. The van der Waals surface area contributed by atoms with Gasteiger partial charge in [0.1, 0.15) is 12.1 Å². The molecule has 1 amide bonds. The second kappa shape index (κ2) is 8.11. The number of nitrogens with zero attached hydrogens (tertiary/aromatic N) is 6. The molecular weight excluding hydrogens is 392 g/mol. The molecule has 30 heavy (non-hydrogen) atoms. The van der Waals surface area contributed by atoms with Crippen molar-refractivity contribution in [1.29, 1.82) is 10.5 Å². The summed E-state index contributed by atoms with van der Waals surface area (Å²) in [6.45, 7) is 0.786. The van der Waals surface area contributed by atoms with Crippen LogP contribution < -0.4 is 10.2 Å². The zero-order valence-electron chi connectivity index (χ0n) is 16.5. The molecule has 0 aromatic carbocycles. The van der Waals surface area contributed by atoms with Crippen molar-refractivity contribution in [3.63, 3.8) is 0 Å². The van der Waals surface area contributed by atoms with E-state index in [1.54, 1.807) is 12.1 Å². The zero-order valence-corrected chi connectivity index (χ0v) is 16.5. The van der Waals surface area contributed by atoms with Crippen LogP contribution in [0.25, 0.3) is 0 Å². The molecule has 3 heterocycles. The summed E-state index contributed by atoms with van der Waals surface area (Å²) in [6.07, 6.45) is 2.53. The SMILES string of the molecule is N#Cc1ccc(N2CC3CCCC(C2)C3NCC(=O)N2CC(F)(F)C[C@H]2C#N)nn1. The summed E-state index contributed by atoms with van der Waals surface area (Å²) in [4.78, 5) is 15.7. The Labute approximate surface area is 173 Å². The number of piperidine rings is 1. The molecular formula is C20H23F2N7O. The summed E-state index contributed by atoms with van der Waals surface area (Å²) in [5.74, 6) is -2.11. The Kier molecular flexibility index (Phi) is 5.52. The van der Waals surface area contributed by atoms with Crippen molar-refractivity contribution in [3.8, 4) is 12.1 Å². The average molecular weight is 415 g/mol. The molecule has 0 spiro atoms. The molecule has 4 rings (SSSR count). The van der Waals surface area contributed by atoms with E-state index in [4.69, 9.17) is 10.5 Å². The van der Waals surface area contributed by atoms with Crippen LogP contribution in [0.3, 0.4) is 0 Å². The van der Waals surface area contributed by atoms with Crippen LogP contribution in [-0.2, 0) is 4.79 Å². The first kappa shape index (κ1) is 20.4. The van der Waals surface area contributed by atoms with Crippen molar-refractivity contribution in [2.75, 3.05) is 31.1 Å². The molecule has 3 atom stereocenters. The van der Waals surface area contributed by atoms with E-state index in [1.807, 2.05) is 12.1 Å². The van der Waals surface area contributed by atoms with Gasteiger partial charge in [-0.15, -0.1) is 10.2 Å². The molecule has 3 fully saturated rings. The minimum absolute atomic E-state index is 0.0391. The van der Waals surface area contributed by atoms with E-state index >= 15 is 0 Å². The van der Waals surface area contributed by atoms with Gasteiger partial charge in [0, 0.05) is 25.6 Å². The molecule has 3 aliphatic rings. The summed E-state index contributed by atoms with van der Waals surface area (Å²) in [5, 5.41) is 29.4. The van der Waals surface area contributed by atoms with Crippen molar-refractivity contribution >= 4 is 11.7 Å². The van der Waals surface area contributed by atoms with Gasteiger partial charge < -0.3 is 15.1 Å². The van der Waals surface area contributed by atoms with E-state index in [-0.39, 0.29) is 18.3 Å². The molecule has 10 heteroatoms. The van der Waals surface area contributed by atoms with Crippen LogP contribution in [0.2, 0.25) is 0 Å². The number of nitriles is 2. The molecule has 1 aliphatic carbocycles. The number of fused-ring (bicyclic) bond motifs is 2. The van der Waals surface area contributed by atoms with E-state index in [9.17, 15) is 13.6 Å². The number of hydrogen-bond acceptors (Lipinski definition) is 7. The maximum absolute atomic E-state index is 13.6. The number of likely N-dealkylation sites (tertiary alicyclic amines) is 1. The largest absolute Gasteiger partial charge is 0.354 e. The van der Waals surface area contributed by atoms with E-state index in [1.165, 1.54) is 0 Å². The van der Waals surface area contributed by atoms with Crippen molar-refractivity contribution in [3.05, 3.63) is 17.8 Å². The van der Waals surface area contributed by atoms with Crippen LogP contribution in [0.5, 0.6) is 0 Å². The number of hydrogen-bond donors (Lipinski definition) is 1. The van der Waals surface area contributed by atoms with Crippen LogP contribution in [0.1, 0.15) is 31.4 Å². The highest BCUT2D eigenvalue weighted by molar-refractivity contribution is 5.79. The Hall–Kier alpha value is -2.85. The van der Waals surface area contributed by atoms with Gasteiger partial charge in [-0.25, -0.2) is 8.78 Å². The lowest BCUT2D eigenvalue weighted by atomic mass is 9.73. The smallest absolute Gasteiger partial charge is 0.268 e. The molecule has 2 bridgehead atoms. The summed E-state index contributed by atoms with van der Waals surface area (Å²) in [5.41, 5.74) is 0.275. The van der Waals surface area contributed by atoms with Gasteiger partial charge >= 0.3 is 0 Å². The van der Waals surface area contributed by atoms with Gasteiger partial charge in [0.25, 0.3) is 5.92 Å². The summed E-state index contributed by atoms with van der Waals surface area (Å²) >= 11 is 0. The highest BCUT2D eigenvalue weighted by Crippen LogP contribution is 2.36. The maximum Gasteiger partial charge on any atom is 0.268 e. The van der Waals surface area contributed by atoms with Gasteiger partial charge in [0.05, 0.1) is 19.2 Å². The molecule has 2 saturated heterocycles. The van der Waals surface area contributed by atoms with E-state index in [0.717, 1.165) is 43.1 Å². The molecule has 1 N–H and O–H groups in total. The zero-order chi connectivity index (χ0) is 21.3. The number of aromatic nitrogens is 2. The van der Waals surface area contributed by atoms with Crippen molar-refractivity contribution in [2.45, 2.75) is 43.7 Å². The van der Waals surface area contributed by atoms with E-state index in [0.29, 0.717) is 11.8 Å². The maximum atomic E-state index is 13.6. The van der Waals surface area contributed by atoms with Crippen LogP contribution >= 0.6 is 0 Å². The summed E-state index contributed by atoms with van der Waals surface area (Å²) in [6, 6.07) is 6.29. The lowest BCUT2D eigenvalue weighted by Gasteiger charge is -2.48. The van der Waals surface area contributed by atoms with Crippen LogP contribution in [0.15, 0.2) is 12.1 Å². The number of carbonyl (C=O) groups excluding carboxylic acids is 1. The highest BCUT2D eigenvalue weighted by atomic mass is 19.3. The highest BCUT2D eigenvalue weighted by Gasteiger charge is 2.47. The van der Waals surface area contributed by atoms with Gasteiger partial charge in [-0.05, 0) is 36.8 Å². The molecule has 158 valence electrons. The lowest BCUT2D eigenvalue weighted by molar-refractivity contribution is -0.131. The minimum atomic E-state index is -3.00. The lowest BCUT2D eigenvalue weighted by Crippen LogP contribution is -2.58. The van der Waals surface area contributed by atoms with E-state index < -0.39 is 30.8 Å². The second-order valence-electron chi connectivity index (χ2n) is 8.38. The average Bonchev–Trinajstić information content (AvgIpc) is 3.06. The van der Waals surface area contributed by atoms with Gasteiger partial charge in [0.15, 0.2) is 11.5 Å². The van der Waals surface area contributed by atoms with Crippen LogP contribution in [0.4, 0.5) is 14.6 Å². The standard InChI is InChI=1S/C20H23F2N7O/c21-20(22)6-16(8-24)29(12-20)18(30)9-25-19-13-2-1-3-14(19)11-28(10-13)17-5-4-15(7-23)26-27-17/h4-5,13-14,16,19,25H,1-3,6,9-12H2/t13?,14?,16-,19?/m0/s1. The van der Waals surface area contributed by atoms with E-state index in [2.05, 4.69) is 20.4 Å². The normalized spacial score (nSPS) is 29.9. The fourth-order valence-electron chi connectivity index (χ4n) is 5.01. The quantitative estimate of drug-likeness (QED) is 0.789. The summed E-state index contributed by atoms with van der Waals surface area (Å²) < 4.78 is 27.3. The van der Waals surface area contributed by atoms with Gasteiger partial charge in [-0.3, -0.25) is 4.79 Å². The molecule has 1 aromatic heterocycles. The number of nitrogens with one attached hydrogen (secondary N) is 1. The minimum Gasteiger partial charge on any atom is -0.354 e. The third kappa shape index (κ3) is 4.05. The predicted molar refractivity (Wildman–Crippen MR) is 102 cm³/mol. The fourth-order valence-corrected chi connectivity index (χ4v) is 5.01. The van der Waals surface area contributed by atoms with Crippen molar-refractivity contribution < 1.29 is 13.6 Å². The number of carbonyl (C=O) groups is 1. The third-order valence-electron chi connectivity index (χ3n) is 6.39. The first-order valence-corrected chi connectivity index (χ1v) is 10.2. The van der Waals surface area contributed by atoms with Crippen LogP contribution in [-0.4, -0.2) is 65.2 Å². The number of halogens is 2. The monoisotopic (exact) mass is 415 g/mol. The Balaban J connectivity index is 1.38. The number of alkyl halides is 2. The predicted octanol–water partition coefficient (Wildman–Crippen LogP) is 1.30. The second-order valence-corrected chi connectivity index (χ2v) is 8.38. The Morgan fingerprint density at radius 1 is 1.23 bits per heavy atom. The Bertz CT molecular complexity index is 865. The first-order chi connectivity index (χ1) is 14.4. The topological polar surface area (TPSA) is 109 Å². The van der Waals surface area contributed by atoms with Crippen molar-refractivity contribution in [1.82, 2.24) is 20.4 Å². The fraction of sp³-hybridized carbons (Fsp3) is 0.650. The van der Waals surface area contributed by atoms with Crippen LogP contribution in [0, 0.1) is 34.5 Å². The Morgan fingerprint density at radius 3 is 2.57 bits per heavy atom. The first-order valence-electron chi connectivity index (χ1n) is 10.2. The van der Waals surface area contributed by atoms with Crippen molar-refractivity contribution in [2.24, 2.45) is 11.8 Å². The molecule has 0 radical (unpaired) electrons. The summed E-state index contributed by atoms with van der Waals surface area (Å²) in [7, 11) is 0. The number of rotatable bonds is 4. The molecule has 2 unspecified atom stereocenters. The molecule has 1 aromatic rings. The molecule has 8 nitrogen and oxygen atoms in total. The van der Waals surface area contributed by atoms with Gasteiger partial charge in [-0.2, -0.15) is 10.5 Å². The number of amides is 1. The molecule has 1 saturated carbocycles. The molecule has 2 aliphatic heterocycles. The number of anilines is 1. The van der Waals surface area contributed by atoms with Gasteiger partial charge in [-0.1, -0.05) is 6.42 Å². The third-order valence-corrected chi connectivity index (χ3v) is 6.39.